The minimum atomic E-state index is -0.674. The SMILES string of the molecule is O=C1c2cnc3n[nH]c(-c4cccnc4)c3c2C(=O)N1c1ccccc1[N+](=O)[O-]. The number of nitrogens with zero attached hydrogens (tertiary/aromatic N) is 5. The van der Waals surface area contributed by atoms with Crippen molar-refractivity contribution in [1.29, 1.82) is 0 Å². The normalized spacial score (nSPS) is 13.2. The maximum atomic E-state index is 13.3. The fourth-order valence-electron chi connectivity index (χ4n) is 3.44. The Morgan fingerprint density at radius 1 is 1.03 bits per heavy atom. The second-order valence-corrected chi connectivity index (χ2v) is 6.28. The minimum absolute atomic E-state index is 0.0622. The molecule has 0 atom stereocenters. The molecule has 10 nitrogen and oxygen atoms in total. The number of imide groups is 1. The average Bonchev–Trinajstić information content (AvgIpc) is 3.27. The molecule has 140 valence electrons. The van der Waals surface area contributed by atoms with E-state index in [0.717, 1.165) is 4.90 Å². The van der Waals surface area contributed by atoms with Crippen LogP contribution in [0.1, 0.15) is 20.7 Å². The zero-order chi connectivity index (χ0) is 20.1. The van der Waals surface area contributed by atoms with Gasteiger partial charge in [-0.2, -0.15) is 5.10 Å². The summed E-state index contributed by atoms with van der Waals surface area (Å²) >= 11 is 0. The van der Waals surface area contributed by atoms with E-state index < -0.39 is 16.7 Å². The Balaban J connectivity index is 1.75. The third kappa shape index (κ3) is 2.32. The summed E-state index contributed by atoms with van der Waals surface area (Å²) in [7, 11) is 0. The molecule has 1 N–H and O–H groups in total. The number of aromatic nitrogens is 4. The molecule has 10 heteroatoms. The van der Waals surface area contributed by atoms with Crippen LogP contribution in [0.4, 0.5) is 11.4 Å². The molecule has 2 amide bonds. The molecular formula is C19H10N6O4. The van der Waals surface area contributed by atoms with E-state index in [1.807, 2.05) is 0 Å². The van der Waals surface area contributed by atoms with Gasteiger partial charge in [0.15, 0.2) is 5.65 Å². The first-order valence-corrected chi connectivity index (χ1v) is 8.47. The summed E-state index contributed by atoms with van der Waals surface area (Å²) in [6.45, 7) is 0. The number of hydrogen-bond donors (Lipinski definition) is 1. The second kappa shape index (κ2) is 6.02. The van der Waals surface area contributed by atoms with Crippen LogP contribution in [0, 0.1) is 10.1 Å². The molecule has 4 heterocycles. The lowest BCUT2D eigenvalue weighted by atomic mass is 10.0. The predicted octanol–water partition coefficient (Wildman–Crippen LogP) is 2.73. The van der Waals surface area contributed by atoms with Crippen molar-refractivity contribution < 1.29 is 14.5 Å². The Hall–Kier alpha value is -4.47. The number of amides is 2. The van der Waals surface area contributed by atoms with Gasteiger partial charge in [0.25, 0.3) is 17.5 Å². The Labute approximate surface area is 162 Å². The third-order valence-electron chi connectivity index (χ3n) is 4.70. The maximum absolute atomic E-state index is 13.3. The molecule has 0 saturated heterocycles. The Morgan fingerprint density at radius 3 is 2.62 bits per heavy atom. The summed E-state index contributed by atoms with van der Waals surface area (Å²) in [5.41, 5.74) is 1.14. The number of aromatic amines is 1. The van der Waals surface area contributed by atoms with Crippen LogP contribution in [0.2, 0.25) is 0 Å². The summed E-state index contributed by atoms with van der Waals surface area (Å²) < 4.78 is 0. The molecule has 0 fully saturated rings. The van der Waals surface area contributed by atoms with E-state index in [1.165, 1.54) is 30.5 Å². The lowest BCUT2D eigenvalue weighted by Gasteiger charge is -2.13. The fourth-order valence-corrected chi connectivity index (χ4v) is 3.44. The monoisotopic (exact) mass is 386 g/mol. The standard InChI is InChI=1S/C19H10N6O4/c26-18-11-9-21-17-15(16(22-23-17)10-4-3-7-20-8-10)14(11)19(27)24(18)12-5-1-2-6-13(12)25(28)29/h1-9H,(H,21,22,23). The number of para-hydroxylation sites is 2. The molecular weight excluding hydrogens is 376 g/mol. The van der Waals surface area contributed by atoms with E-state index in [-0.39, 0.29) is 28.1 Å². The molecule has 1 aromatic carbocycles. The molecule has 4 aromatic rings. The number of pyridine rings is 2. The second-order valence-electron chi connectivity index (χ2n) is 6.28. The van der Waals surface area contributed by atoms with Crippen LogP contribution in [0.25, 0.3) is 22.3 Å². The molecule has 0 bridgehead atoms. The molecule has 0 aliphatic carbocycles. The van der Waals surface area contributed by atoms with Crippen molar-refractivity contribution in [3.05, 3.63) is 76.2 Å². The zero-order valence-corrected chi connectivity index (χ0v) is 14.6. The number of nitro benzene ring substituents is 1. The molecule has 5 rings (SSSR count). The van der Waals surface area contributed by atoms with Gasteiger partial charge in [0.1, 0.15) is 5.69 Å². The molecule has 1 aliphatic heterocycles. The lowest BCUT2D eigenvalue weighted by Crippen LogP contribution is -2.30. The van der Waals surface area contributed by atoms with Crippen molar-refractivity contribution in [3.8, 4) is 11.3 Å². The zero-order valence-electron chi connectivity index (χ0n) is 14.6. The molecule has 0 saturated carbocycles. The molecule has 3 aromatic heterocycles. The van der Waals surface area contributed by atoms with E-state index in [4.69, 9.17) is 0 Å². The molecule has 1 aliphatic rings. The summed E-state index contributed by atoms with van der Waals surface area (Å²) in [5.74, 6) is -1.34. The van der Waals surface area contributed by atoms with Gasteiger partial charge < -0.3 is 0 Å². The highest BCUT2D eigenvalue weighted by Gasteiger charge is 2.42. The maximum Gasteiger partial charge on any atom is 0.293 e. The summed E-state index contributed by atoms with van der Waals surface area (Å²) in [6, 6.07) is 9.11. The number of rotatable bonds is 3. The van der Waals surface area contributed by atoms with Gasteiger partial charge in [-0.25, -0.2) is 9.88 Å². The van der Waals surface area contributed by atoms with Gasteiger partial charge in [0.05, 0.1) is 27.1 Å². The van der Waals surface area contributed by atoms with Crippen molar-refractivity contribution in [1.82, 2.24) is 20.2 Å². The van der Waals surface area contributed by atoms with Crippen LogP contribution in [0.3, 0.4) is 0 Å². The summed E-state index contributed by atoms with van der Waals surface area (Å²) in [6.07, 6.45) is 4.46. The van der Waals surface area contributed by atoms with Gasteiger partial charge in [-0.15, -0.1) is 0 Å². The van der Waals surface area contributed by atoms with Crippen molar-refractivity contribution >= 4 is 34.2 Å². The number of benzene rings is 1. The molecule has 0 unspecified atom stereocenters. The Morgan fingerprint density at radius 2 is 1.86 bits per heavy atom. The lowest BCUT2D eigenvalue weighted by molar-refractivity contribution is -0.384. The number of carbonyl (C=O) groups excluding carboxylic acids is 2. The van der Waals surface area contributed by atoms with E-state index in [1.54, 1.807) is 24.5 Å². The summed E-state index contributed by atoms with van der Waals surface area (Å²) in [5, 5.41) is 18.7. The first kappa shape index (κ1) is 16.7. The first-order chi connectivity index (χ1) is 14.1. The van der Waals surface area contributed by atoms with Crippen LogP contribution >= 0.6 is 0 Å². The van der Waals surface area contributed by atoms with Crippen molar-refractivity contribution in [3.63, 3.8) is 0 Å². The Bertz CT molecular complexity index is 1330. The van der Waals surface area contributed by atoms with E-state index in [0.29, 0.717) is 16.6 Å². The van der Waals surface area contributed by atoms with Crippen LogP contribution in [0.15, 0.2) is 55.0 Å². The number of nitrogens with one attached hydrogen (secondary N) is 1. The summed E-state index contributed by atoms with van der Waals surface area (Å²) in [4.78, 5) is 46.1. The minimum Gasteiger partial charge on any atom is -0.275 e. The third-order valence-corrected chi connectivity index (χ3v) is 4.70. The number of anilines is 1. The number of hydrogen-bond acceptors (Lipinski definition) is 7. The highest BCUT2D eigenvalue weighted by molar-refractivity contribution is 6.38. The van der Waals surface area contributed by atoms with Crippen molar-refractivity contribution in [2.45, 2.75) is 0 Å². The molecule has 0 radical (unpaired) electrons. The largest absolute Gasteiger partial charge is 0.293 e. The molecule has 29 heavy (non-hydrogen) atoms. The predicted molar refractivity (Wildman–Crippen MR) is 101 cm³/mol. The number of H-pyrrole nitrogens is 1. The molecule has 0 spiro atoms. The first-order valence-electron chi connectivity index (χ1n) is 8.47. The smallest absolute Gasteiger partial charge is 0.275 e. The van der Waals surface area contributed by atoms with Crippen molar-refractivity contribution in [2.75, 3.05) is 4.90 Å². The van der Waals surface area contributed by atoms with Gasteiger partial charge in [-0.05, 0) is 18.2 Å². The van der Waals surface area contributed by atoms with Gasteiger partial charge in [-0.1, -0.05) is 12.1 Å². The Kier molecular flexibility index (Phi) is 3.47. The van der Waals surface area contributed by atoms with E-state index in [9.17, 15) is 19.7 Å². The van der Waals surface area contributed by atoms with Gasteiger partial charge in [-0.3, -0.25) is 29.8 Å². The number of fused-ring (bicyclic) bond motifs is 3. The van der Waals surface area contributed by atoms with Crippen LogP contribution in [-0.2, 0) is 0 Å². The topological polar surface area (TPSA) is 135 Å². The van der Waals surface area contributed by atoms with Crippen LogP contribution in [-0.4, -0.2) is 36.9 Å². The number of nitro groups is 1. The van der Waals surface area contributed by atoms with Gasteiger partial charge in [0, 0.05) is 30.2 Å². The van der Waals surface area contributed by atoms with Crippen molar-refractivity contribution in [2.24, 2.45) is 0 Å². The average molecular weight is 386 g/mol. The van der Waals surface area contributed by atoms with Crippen LogP contribution < -0.4 is 4.90 Å². The van der Waals surface area contributed by atoms with Gasteiger partial charge >= 0.3 is 0 Å². The van der Waals surface area contributed by atoms with E-state index in [2.05, 4.69) is 20.2 Å². The van der Waals surface area contributed by atoms with Gasteiger partial charge in [0.2, 0.25) is 0 Å². The number of carbonyl (C=O) groups is 2. The quantitative estimate of drug-likeness (QED) is 0.325. The highest BCUT2D eigenvalue weighted by Crippen LogP contribution is 2.38. The highest BCUT2D eigenvalue weighted by atomic mass is 16.6. The van der Waals surface area contributed by atoms with Crippen LogP contribution in [0.5, 0.6) is 0 Å². The van der Waals surface area contributed by atoms with E-state index >= 15 is 0 Å². The fraction of sp³-hybridized carbons (Fsp3) is 0.